The van der Waals surface area contributed by atoms with Crippen LogP contribution in [-0.4, -0.2) is 47.4 Å². The smallest absolute Gasteiger partial charge is 0.305 e. The van der Waals surface area contributed by atoms with E-state index in [0.29, 0.717) is 25.9 Å². The fraction of sp³-hybridized carbons (Fsp3) is 0.923. The number of rotatable bonds is 73. The van der Waals surface area contributed by atoms with Crippen LogP contribution in [0.5, 0.6) is 0 Å². The molecule has 0 spiro atoms. The van der Waals surface area contributed by atoms with Crippen molar-refractivity contribution < 1.29 is 24.5 Å². The molecule has 6 nitrogen and oxygen atoms in total. The summed E-state index contributed by atoms with van der Waals surface area (Å²) in [5.41, 5.74) is 0. The van der Waals surface area contributed by atoms with Crippen molar-refractivity contribution in [1.29, 1.82) is 0 Å². The van der Waals surface area contributed by atoms with Gasteiger partial charge in [0, 0.05) is 12.8 Å². The molecular formula is C78H151NO5. The number of esters is 1. The molecule has 3 N–H and O–H groups in total. The van der Waals surface area contributed by atoms with Crippen molar-refractivity contribution in [3.63, 3.8) is 0 Å². The van der Waals surface area contributed by atoms with Crippen molar-refractivity contribution in [1.82, 2.24) is 5.32 Å². The number of allylic oxidation sites excluding steroid dienone is 4. The second kappa shape index (κ2) is 73.8. The van der Waals surface area contributed by atoms with Gasteiger partial charge in [-0.25, -0.2) is 0 Å². The highest BCUT2D eigenvalue weighted by atomic mass is 16.5. The third-order valence-corrected chi connectivity index (χ3v) is 18.3. The molecule has 0 aromatic carbocycles. The van der Waals surface area contributed by atoms with E-state index in [0.717, 1.165) is 44.9 Å². The molecule has 0 saturated heterocycles. The van der Waals surface area contributed by atoms with E-state index < -0.39 is 12.1 Å². The number of hydrogen-bond acceptors (Lipinski definition) is 5. The number of unbranched alkanes of at least 4 members (excludes halogenated alkanes) is 58. The van der Waals surface area contributed by atoms with E-state index in [-0.39, 0.29) is 18.5 Å². The normalized spacial score (nSPS) is 12.6. The third kappa shape index (κ3) is 69.4. The third-order valence-electron chi connectivity index (χ3n) is 18.3. The number of carbonyl (C=O) groups is 2. The van der Waals surface area contributed by atoms with Gasteiger partial charge >= 0.3 is 5.97 Å². The molecule has 0 rings (SSSR count). The standard InChI is InChI=1S/C78H151NO5/c1-3-5-7-9-11-13-15-17-19-21-39-42-46-50-54-58-62-66-70-76(81)75(74-80)79-77(82)71-67-63-59-55-51-47-43-40-37-35-33-31-29-27-25-23-22-24-26-28-30-32-34-36-38-41-45-49-53-57-61-65-69-73-84-78(83)72-68-64-60-56-52-48-44-20-18-16-14-12-10-8-6-4-2/h26,28,32,34,75-76,80-81H,3-25,27,29-31,33,35-74H2,1-2H3,(H,79,82)/b28-26-,34-32-. The second-order valence-electron chi connectivity index (χ2n) is 26.7. The highest BCUT2D eigenvalue weighted by molar-refractivity contribution is 5.76. The molecule has 2 unspecified atom stereocenters. The van der Waals surface area contributed by atoms with Crippen LogP contribution in [0.15, 0.2) is 24.3 Å². The molecule has 0 aromatic heterocycles. The molecule has 0 aliphatic heterocycles. The quantitative estimate of drug-likeness (QED) is 0.0320. The maximum atomic E-state index is 12.5. The fourth-order valence-corrected chi connectivity index (χ4v) is 12.4. The maximum Gasteiger partial charge on any atom is 0.305 e. The molecule has 0 aromatic rings. The predicted molar refractivity (Wildman–Crippen MR) is 370 cm³/mol. The number of carbonyl (C=O) groups excluding carboxylic acids is 2. The Labute approximate surface area is 526 Å². The van der Waals surface area contributed by atoms with Crippen molar-refractivity contribution in [2.24, 2.45) is 0 Å². The molecule has 0 aliphatic carbocycles. The Hall–Kier alpha value is -1.66. The summed E-state index contributed by atoms with van der Waals surface area (Å²) in [6.07, 6.45) is 94.0. The first-order valence-electron chi connectivity index (χ1n) is 38.6. The van der Waals surface area contributed by atoms with Crippen LogP contribution in [0.3, 0.4) is 0 Å². The lowest BCUT2D eigenvalue weighted by atomic mass is 10.0. The number of aliphatic hydroxyl groups is 2. The molecule has 6 heteroatoms. The van der Waals surface area contributed by atoms with Gasteiger partial charge in [-0.2, -0.15) is 0 Å². The molecule has 2 atom stereocenters. The zero-order valence-electron chi connectivity index (χ0n) is 57.2. The first-order valence-corrected chi connectivity index (χ1v) is 38.6. The number of nitrogens with one attached hydrogen (secondary N) is 1. The van der Waals surface area contributed by atoms with Gasteiger partial charge in [0.2, 0.25) is 5.91 Å². The van der Waals surface area contributed by atoms with E-state index >= 15 is 0 Å². The average Bonchev–Trinajstić information content (AvgIpc) is 3.51. The summed E-state index contributed by atoms with van der Waals surface area (Å²) in [5.74, 6) is -0.0101. The minimum atomic E-state index is -0.663. The molecule has 0 fully saturated rings. The molecule has 1 amide bonds. The van der Waals surface area contributed by atoms with Gasteiger partial charge < -0.3 is 20.3 Å². The van der Waals surface area contributed by atoms with E-state index in [1.165, 1.54) is 360 Å². The Kier molecular flexibility index (Phi) is 72.3. The van der Waals surface area contributed by atoms with Crippen molar-refractivity contribution in [2.75, 3.05) is 13.2 Å². The molecule has 0 heterocycles. The number of hydrogen-bond donors (Lipinski definition) is 3. The van der Waals surface area contributed by atoms with Crippen LogP contribution in [0.2, 0.25) is 0 Å². The summed E-state index contributed by atoms with van der Waals surface area (Å²) in [6, 6.07) is -0.540. The largest absolute Gasteiger partial charge is 0.466 e. The van der Waals surface area contributed by atoms with Crippen molar-refractivity contribution in [2.45, 2.75) is 450 Å². The van der Waals surface area contributed by atoms with Crippen LogP contribution in [0.25, 0.3) is 0 Å². The summed E-state index contributed by atoms with van der Waals surface area (Å²) >= 11 is 0. The molecular weight excluding hydrogens is 1030 g/mol. The number of amides is 1. The van der Waals surface area contributed by atoms with E-state index in [9.17, 15) is 19.8 Å². The summed E-state index contributed by atoms with van der Waals surface area (Å²) in [6.45, 7) is 5.00. The van der Waals surface area contributed by atoms with E-state index in [1.54, 1.807) is 0 Å². The number of ether oxygens (including phenoxy) is 1. The minimum Gasteiger partial charge on any atom is -0.466 e. The molecule has 0 aliphatic rings. The van der Waals surface area contributed by atoms with Crippen LogP contribution in [-0.2, 0) is 14.3 Å². The Balaban J connectivity index is 3.36. The van der Waals surface area contributed by atoms with Gasteiger partial charge in [0.1, 0.15) is 0 Å². The second-order valence-corrected chi connectivity index (χ2v) is 26.7. The SMILES string of the molecule is CCCCCCCCCCCCCCCCCCCCC(O)C(CO)NC(=O)CCCCCCCCCCCCCCCCCCC/C=C\C/C=C\CCCCCCCCCCCOC(=O)CCCCCCCCCCCCCCCCCC. The average molecular weight is 1180 g/mol. The van der Waals surface area contributed by atoms with Gasteiger partial charge in [-0.05, 0) is 57.8 Å². The van der Waals surface area contributed by atoms with Gasteiger partial charge in [-0.1, -0.05) is 391 Å². The summed E-state index contributed by atoms with van der Waals surface area (Å²) < 4.78 is 5.50. The van der Waals surface area contributed by atoms with Gasteiger partial charge in [0.25, 0.3) is 0 Å². The van der Waals surface area contributed by atoms with Crippen molar-refractivity contribution >= 4 is 11.9 Å². The Morgan fingerprint density at radius 3 is 0.905 bits per heavy atom. The Bertz CT molecular complexity index is 1320. The lowest BCUT2D eigenvalue weighted by molar-refractivity contribution is -0.143. The Morgan fingerprint density at radius 2 is 0.595 bits per heavy atom. The zero-order valence-corrected chi connectivity index (χ0v) is 57.2. The summed E-state index contributed by atoms with van der Waals surface area (Å²) in [5, 5.41) is 23.4. The minimum absolute atomic E-state index is 0.0186. The predicted octanol–water partition coefficient (Wildman–Crippen LogP) is 25.3. The van der Waals surface area contributed by atoms with Crippen LogP contribution in [0, 0.1) is 0 Å². The first-order chi connectivity index (χ1) is 41.5. The van der Waals surface area contributed by atoms with Crippen LogP contribution in [0.4, 0.5) is 0 Å². The first kappa shape index (κ1) is 82.3. The summed E-state index contributed by atoms with van der Waals surface area (Å²) in [4.78, 5) is 24.6. The van der Waals surface area contributed by atoms with Gasteiger partial charge in [-0.15, -0.1) is 0 Å². The maximum absolute atomic E-state index is 12.5. The van der Waals surface area contributed by atoms with Crippen molar-refractivity contribution in [3.8, 4) is 0 Å². The van der Waals surface area contributed by atoms with E-state index in [2.05, 4.69) is 43.5 Å². The molecule has 498 valence electrons. The monoisotopic (exact) mass is 1180 g/mol. The van der Waals surface area contributed by atoms with E-state index in [4.69, 9.17) is 4.74 Å². The van der Waals surface area contributed by atoms with Crippen LogP contribution >= 0.6 is 0 Å². The molecule has 0 saturated carbocycles. The van der Waals surface area contributed by atoms with Crippen LogP contribution in [0.1, 0.15) is 438 Å². The van der Waals surface area contributed by atoms with E-state index in [1.807, 2.05) is 0 Å². The molecule has 0 bridgehead atoms. The van der Waals surface area contributed by atoms with Gasteiger partial charge in [-0.3, -0.25) is 9.59 Å². The van der Waals surface area contributed by atoms with Gasteiger partial charge in [0.05, 0.1) is 25.4 Å². The highest BCUT2D eigenvalue weighted by Crippen LogP contribution is 2.20. The highest BCUT2D eigenvalue weighted by Gasteiger charge is 2.20. The zero-order chi connectivity index (χ0) is 60.6. The van der Waals surface area contributed by atoms with Crippen LogP contribution < -0.4 is 5.32 Å². The fourth-order valence-electron chi connectivity index (χ4n) is 12.4. The topological polar surface area (TPSA) is 95.9 Å². The molecule has 84 heavy (non-hydrogen) atoms. The van der Waals surface area contributed by atoms with Gasteiger partial charge in [0.15, 0.2) is 0 Å². The number of aliphatic hydroxyl groups excluding tert-OH is 2. The lowest BCUT2D eigenvalue weighted by Crippen LogP contribution is -2.45. The summed E-state index contributed by atoms with van der Waals surface area (Å²) in [7, 11) is 0. The van der Waals surface area contributed by atoms with Crippen molar-refractivity contribution in [3.05, 3.63) is 24.3 Å². The molecule has 0 radical (unpaired) electrons. The lowest BCUT2D eigenvalue weighted by Gasteiger charge is -2.22. The Morgan fingerprint density at radius 1 is 0.333 bits per heavy atom.